The van der Waals surface area contributed by atoms with Gasteiger partial charge in [0, 0.05) is 24.8 Å². The molecule has 1 saturated carbocycles. The first kappa shape index (κ1) is 20.6. The van der Waals surface area contributed by atoms with Gasteiger partial charge >= 0.3 is 0 Å². The molecule has 164 valence electrons. The fourth-order valence-electron chi connectivity index (χ4n) is 4.84. The van der Waals surface area contributed by atoms with Crippen molar-refractivity contribution in [1.82, 2.24) is 24.1 Å². The SMILES string of the molecule is CC1CC(c2cccc(NC(=O)c3cc(CCl)cn4c(F)cnc34)c2)(c2nncn2C)C1. The quantitative estimate of drug-likeness (QED) is 0.458. The molecule has 1 N–H and O–H groups in total. The summed E-state index contributed by atoms with van der Waals surface area (Å²) in [4.78, 5) is 17.2. The van der Waals surface area contributed by atoms with Crippen molar-refractivity contribution in [3.8, 4) is 0 Å². The minimum Gasteiger partial charge on any atom is -0.322 e. The average Bonchev–Trinajstić information content (AvgIpc) is 3.36. The second-order valence-electron chi connectivity index (χ2n) is 8.57. The van der Waals surface area contributed by atoms with E-state index in [1.54, 1.807) is 18.6 Å². The summed E-state index contributed by atoms with van der Waals surface area (Å²) >= 11 is 5.95. The molecule has 0 unspecified atom stereocenters. The molecule has 1 amide bonds. The van der Waals surface area contributed by atoms with E-state index in [0.29, 0.717) is 17.2 Å². The Morgan fingerprint density at radius 1 is 1.34 bits per heavy atom. The summed E-state index contributed by atoms with van der Waals surface area (Å²) in [5.74, 6) is 0.726. The Morgan fingerprint density at radius 3 is 2.84 bits per heavy atom. The number of amides is 1. The standard InChI is InChI=1S/C23H22ClFN6O/c1-14-8-23(9-14,22-29-27-13-30(22)2)16-4-3-5-17(7-16)28-21(32)18-6-15(10-24)12-31-19(25)11-26-20(18)31/h3-7,11-14H,8-10H2,1-2H3,(H,28,32). The number of imidazole rings is 1. The van der Waals surface area contributed by atoms with Gasteiger partial charge in [-0.15, -0.1) is 21.8 Å². The van der Waals surface area contributed by atoms with Crippen LogP contribution in [0.1, 0.15) is 47.1 Å². The number of carbonyl (C=O) groups excluding carboxylic acids is 1. The van der Waals surface area contributed by atoms with Gasteiger partial charge in [0.05, 0.1) is 17.2 Å². The van der Waals surface area contributed by atoms with Crippen LogP contribution in [0.2, 0.25) is 0 Å². The third kappa shape index (κ3) is 3.26. The molecule has 1 aliphatic rings. The van der Waals surface area contributed by atoms with Gasteiger partial charge in [-0.3, -0.25) is 9.20 Å². The maximum absolute atomic E-state index is 14.1. The molecule has 3 aromatic heterocycles. The van der Waals surface area contributed by atoms with Crippen LogP contribution in [0.5, 0.6) is 0 Å². The van der Waals surface area contributed by atoms with Gasteiger partial charge in [0.1, 0.15) is 12.2 Å². The lowest BCUT2D eigenvalue weighted by Gasteiger charge is -2.46. The predicted molar refractivity (Wildman–Crippen MR) is 119 cm³/mol. The summed E-state index contributed by atoms with van der Waals surface area (Å²) in [5.41, 5.74) is 2.63. The van der Waals surface area contributed by atoms with Crippen LogP contribution < -0.4 is 5.32 Å². The second kappa shape index (κ2) is 7.70. The monoisotopic (exact) mass is 452 g/mol. The molecule has 3 heterocycles. The molecule has 0 bridgehead atoms. The summed E-state index contributed by atoms with van der Waals surface area (Å²) in [6.45, 7) is 2.22. The van der Waals surface area contributed by atoms with Crippen LogP contribution in [0, 0.1) is 11.9 Å². The van der Waals surface area contributed by atoms with Crippen molar-refractivity contribution in [2.24, 2.45) is 13.0 Å². The largest absolute Gasteiger partial charge is 0.322 e. The molecule has 0 aliphatic heterocycles. The molecule has 4 aromatic rings. The van der Waals surface area contributed by atoms with Gasteiger partial charge in [-0.25, -0.2) is 4.98 Å². The zero-order valence-corrected chi connectivity index (χ0v) is 18.5. The van der Waals surface area contributed by atoms with E-state index in [0.717, 1.165) is 30.4 Å². The first-order chi connectivity index (χ1) is 15.4. The number of nitrogens with one attached hydrogen (secondary N) is 1. The topological polar surface area (TPSA) is 77.1 Å². The minimum atomic E-state index is -0.548. The van der Waals surface area contributed by atoms with Gasteiger partial charge in [-0.1, -0.05) is 19.1 Å². The van der Waals surface area contributed by atoms with E-state index in [2.05, 4.69) is 33.5 Å². The van der Waals surface area contributed by atoms with Gasteiger partial charge in [0.15, 0.2) is 5.65 Å². The summed E-state index contributed by atoms with van der Waals surface area (Å²) in [5, 5.41) is 11.4. The lowest BCUT2D eigenvalue weighted by atomic mass is 9.58. The number of alkyl halides is 1. The van der Waals surface area contributed by atoms with E-state index in [1.165, 1.54) is 4.40 Å². The number of hydrogen-bond donors (Lipinski definition) is 1. The van der Waals surface area contributed by atoms with Crippen molar-refractivity contribution < 1.29 is 9.18 Å². The normalized spacial score (nSPS) is 20.3. The number of benzene rings is 1. The predicted octanol–water partition coefficient (Wildman–Crippen LogP) is 4.31. The number of carbonyl (C=O) groups is 1. The van der Waals surface area contributed by atoms with E-state index in [-0.39, 0.29) is 28.4 Å². The van der Waals surface area contributed by atoms with Crippen molar-refractivity contribution in [1.29, 1.82) is 0 Å². The minimum absolute atomic E-state index is 0.154. The number of aryl methyl sites for hydroxylation is 1. The van der Waals surface area contributed by atoms with Gasteiger partial charge in [0.2, 0.25) is 5.95 Å². The van der Waals surface area contributed by atoms with Gasteiger partial charge in [-0.05, 0) is 48.1 Å². The van der Waals surface area contributed by atoms with Gasteiger partial charge in [0.25, 0.3) is 5.91 Å². The van der Waals surface area contributed by atoms with E-state index >= 15 is 0 Å². The number of halogens is 2. The van der Waals surface area contributed by atoms with Crippen LogP contribution in [0.15, 0.2) is 49.1 Å². The van der Waals surface area contributed by atoms with Crippen molar-refractivity contribution in [2.75, 3.05) is 5.32 Å². The molecule has 0 spiro atoms. The molecule has 7 nitrogen and oxygen atoms in total. The third-order valence-corrected chi connectivity index (χ3v) is 6.53. The lowest BCUT2D eigenvalue weighted by molar-refractivity contribution is 0.102. The van der Waals surface area contributed by atoms with E-state index in [4.69, 9.17) is 11.6 Å². The van der Waals surface area contributed by atoms with E-state index < -0.39 is 5.95 Å². The van der Waals surface area contributed by atoms with Crippen LogP contribution in [0.25, 0.3) is 5.65 Å². The highest BCUT2D eigenvalue weighted by Gasteiger charge is 2.48. The fourth-order valence-corrected chi connectivity index (χ4v) is 4.99. The van der Waals surface area contributed by atoms with Crippen molar-refractivity contribution in [3.05, 3.63) is 77.5 Å². The Morgan fingerprint density at radius 2 is 2.16 bits per heavy atom. The van der Waals surface area contributed by atoms with Crippen LogP contribution in [0.4, 0.5) is 10.1 Å². The number of fused-ring (bicyclic) bond motifs is 1. The molecule has 1 aliphatic carbocycles. The number of aromatic nitrogens is 5. The number of pyridine rings is 1. The Labute approximate surface area is 189 Å². The summed E-state index contributed by atoms with van der Waals surface area (Å²) in [6, 6.07) is 9.44. The average molecular weight is 453 g/mol. The molecule has 32 heavy (non-hydrogen) atoms. The van der Waals surface area contributed by atoms with Crippen molar-refractivity contribution >= 4 is 28.8 Å². The third-order valence-electron chi connectivity index (χ3n) is 6.22. The zero-order valence-electron chi connectivity index (χ0n) is 17.7. The van der Waals surface area contributed by atoms with Gasteiger partial charge in [-0.2, -0.15) is 4.39 Å². The molecule has 5 rings (SSSR count). The summed E-state index contributed by atoms with van der Waals surface area (Å²) in [7, 11) is 1.95. The number of anilines is 1. The Kier molecular flexibility index (Phi) is 4.97. The molecule has 0 atom stereocenters. The molecule has 0 radical (unpaired) electrons. The summed E-state index contributed by atoms with van der Waals surface area (Å²) < 4.78 is 17.3. The highest BCUT2D eigenvalue weighted by atomic mass is 35.5. The molecule has 1 aromatic carbocycles. The first-order valence-electron chi connectivity index (χ1n) is 10.4. The second-order valence-corrected chi connectivity index (χ2v) is 8.83. The maximum Gasteiger partial charge on any atom is 0.259 e. The smallest absolute Gasteiger partial charge is 0.259 e. The Bertz CT molecular complexity index is 1320. The van der Waals surface area contributed by atoms with Crippen LogP contribution in [-0.4, -0.2) is 30.1 Å². The highest BCUT2D eigenvalue weighted by Crippen LogP contribution is 2.51. The fraction of sp³-hybridized carbons (Fsp3) is 0.304. The van der Waals surface area contributed by atoms with Crippen molar-refractivity contribution in [3.63, 3.8) is 0 Å². The number of nitrogens with zero attached hydrogens (tertiary/aromatic N) is 5. The zero-order chi connectivity index (χ0) is 22.5. The van der Waals surface area contributed by atoms with E-state index in [1.807, 2.05) is 29.8 Å². The number of rotatable bonds is 5. The molecular formula is C23H22ClFN6O. The summed E-state index contributed by atoms with van der Waals surface area (Å²) in [6.07, 6.45) is 6.27. The number of hydrogen-bond acceptors (Lipinski definition) is 4. The molecular weight excluding hydrogens is 431 g/mol. The van der Waals surface area contributed by atoms with Crippen LogP contribution >= 0.6 is 11.6 Å². The first-order valence-corrected chi connectivity index (χ1v) is 10.9. The van der Waals surface area contributed by atoms with Gasteiger partial charge < -0.3 is 9.88 Å². The lowest BCUT2D eigenvalue weighted by Crippen LogP contribution is -2.43. The van der Waals surface area contributed by atoms with Crippen LogP contribution in [0.3, 0.4) is 0 Å². The molecule has 9 heteroatoms. The molecule has 0 saturated heterocycles. The van der Waals surface area contributed by atoms with E-state index in [9.17, 15) is 9.18 Å². The maximum atomic E-state index is 14.1. The highest BCUT2D eigenvalue weighted by molar-refractivity contribution is 6.17. The Balaban J connectivity index is 1.49. The Hall–Kier alpha value is -3.26. The molecule has 1 fully saturated rings. The van der Waals surface area contributed by atoms with Crippen molar-refractivity contribution in [2.45, 2.75) is 31.1 Å². The van der Waals surface area contributed by atoms with Crippen LogP contribution in [-0.2, 0) is 18.3 Å².